The van der Waals surface area contributed by atoms with Crippen LogP contribution in [0, 0.1) is 0 Å². The molecule has 2 heterocycles. The quantitative estimate of drug-likeness (QED) is 0.554. The molecular weight excluding hydrogens is 429 g/mol. The summed E-state index contributed by atoms with van der Waals surface area (Å²) in [6.45, 7) is -0.0350. The number of thiazole rings is 1. The molecule has 8 nitrogen and oxygen atoms in total. The molecule has 0 saturated carbocycles. The van der Waals surface area contributed by atoms with Crippen molar-refractivity contribution in [1.82, 2.24) is 19.3 Å². The smallest absolute Gasteiger partial charge is 0.352 e. The van der Waals surface area contributed by atoms with Gasteiger partial charge in [-0.2, -0.15) is 5.10 Å². The highest BCUT2D eigenvalue weighted by Gasteiger charge is 2.12. The van der Waals surface area contributed by atoms with Crippen LogP contribution < -0.4 is 11.4 Å². The molecule has 0 aliphatic rings. The Hall–Kier alpha value is -2.18. The maximum absolute atomic E-state index is 12.7. The highest BCUT2D eigenvalue weighted by atomic mass is 35.5. The molecule has 0 fully saturated rings. The number of nitrogens with zero attached hydrogens (tertiary/aromatic N) is 4. The molecule has 0 bridgehead atoms. The molecule has 1 aromatic carbocycles. The first-order valence-corrected chi connectivity index (χ1v) is 9.82. The largest absolute Gasteiger partial charge is 0.772 e. The van der Waals surface area contributed by atoms with Crippen LogP contribution in [0.4, 0.5) is 4.39 Å². The minimum Gasteiger partial charge on any atom is -0.772 e. The van der Waals surface area contributed by atoms with Crippen LogP contribution in [0.5, 0.6) is 0 Å². The minimum absolute atomic E-state index is 0. The van der Waals surface area contributed by atoms with Crippen molar-refractivity contribution in [1.29, 1.82) is 0 Å². The van der Waals surface area contributed by atoms with Crippen LogP contribution in [0.3, 0.4) is 0 Å². The van der Waals surface area contributed by atoms with Crippen molar-refractivity contribution in [3.8, 4) is 15.6 Å². The lowest BCUT2D eigenvalue weighted by molar-refractivity contribution is 0.536. The molecule has 3 rings (SSSR count). The standard InChI is InChI=1S/C16H16FN5O3S2.ClH/c17-5-12(6-18)8-22-16(23)21(10-20-22)15-19-7-14(26-15)13-3-1-11(2-4-13)9-27(24)25;/h1-5,7,10H,6,8-9,18H2,(H,24,25);1H/p-1/b12-5-;. The predicted molar refractivity (Wildman–Crippen MR) is 107 cm³/mol. The van der Waals surface area contributed by atoms with E-state index in [-0.39, 0.29) is 36.8 Å². The molecule has 150 valence electrons. The van der Waals surface area contributed by atoms with E-state index in [0.717, 1.165) is 15.1 Å². The third-order valence-electron chi connectivity index (χ3n) is 3.73. The summed E-state index contributed by atoms with van der Waals surface area (Å²) < 4.78 is 36.5. The number of benzene rings is 1. The van der Waals surface area contributed by atoms with E-state index in [1.807, 2.05) is 0 Å². The molecule has 0 aliphatic carbocycles. The molecule has 2 N–H and O–H groups in total. The predicted octanol–water partition coefficient (Wildman–Crippen LogP) is 1.77. The van der Waals surface area contributed by atoms with E-state index in [2.05, 4.69) is 10.1 Å². The van der Waals surface area contributed by atoms with E-state index < -0.39 is 16.8 Å². The average molecular weight is 445 g/mol. The summed E-state index contributed by atoms with van der Waals surface area (Å²) in [5, 5.41) is 4.38. The Labute approximate surface area is 172 Å². The molecule has 0 aliphatic heterocycles. The van der Waals surface area contributed by atoms with Crippen LogP contribution in [0.15, 0.2) is 53.5 Å². The Morgan fingerprint density at radius 3 is 2.68 bits per heavy atom. The van der Waals surface area contributed by atoms with Gasteiger partial charge in [-0.1, -0.05) is 46.7 Å². The summed E-state index contributed by atoms with van der Waals surface area (Å²) in [4.78, 5) is 17.5. The summed E-state index contributed by atoms with van der Waals surface area (Å²) >= 11 is -0.857. The van der Waals surface area contributed by atoms with Crippen molar-refractivity contribution in [2.45, 2.75) is 12.3 Å². The summed E-state index contributed by atoms with van der Waals surface area (Å²) in [5.41, 5.74) is 6.74. The van der Waals surface area contributed by atoms with E-state index >= 15 is 0 Å². The van der Waals surface area contributed by atoms with E-state index in [4.69, 9.17) is 5.73 Å². The highest BCUT2D eigenvalue weighted by molar-refractivity contribution is 7.78. The van der Waals surface area contributed by atoms with Gasteiger partial charge in [-0.25, -0.2) is 23.4 Å². The van der Waals surface area contributed by atoms with E-state index in [1.165, 1.54) is 22.2 Å². The molecule has 0 spiro atoms. The van der Waals surface area contributed by atoms with Gasteiger partial charge in [0.05, 0.1) is 17.8 Å². The van der Waals surface area contributed by atoms with Crippen molar-refractivity contribution in [3.63, 3.8) is 0 Å². The Bertz CT molecular complexity index is 1050. The second-order valence-electron chi connectivity index (χ2n) is 5.56. The Morgan fingerprint density at radius 2 is 2.07 bits per heavy atom. The Balaban J connectivity index is 0.00000280. The molecule has 0 saturated heterocycles. The molecule has 12 heteroatoms. The van der Waals surface area contributed by atoms with Crippen LogP contribution in [0.2, 0.25) is 0 Å². The lowest BCUT2D eigenvalue weighted by atomic mass is 10.1. The van der Waals surface area contributed by atoms with Gasteiger partial charge >= 0.3 is 5.69 Å². The first kappa shape index (κ1) is 22.1. The average Bonchev–Trinajstić information content (AvgIpc) is 3.27. The molecule has 1 atom stereocenters. The van der Waals surface area contributed by atoms with E-state index in [1.54, 1.807) is 30.5 Å². The van der Waals surface area contributed by atoms with E-state index in [0.29, 0.717) is 17.0 Å². The van der Waals surface area contributed by atoms with Gasteiger partial charge in [-0.3, -0.25) is 4.21 Å². The Morgan fingerprint density at radius 1 is 1.36 bits per heavy atom. The number of rotatable bonds is 7. The second-order valence-corrected chi connectivity index (χ2v) is 7.47. The first-order valence-electron chi connectivity index (χ1n) is 7.76. The fourth-order valence-electron chi connectivity index (χ4n) is 2.32. The lowest BCUT2D eigenvalue weighted by Crippen LogP contribution is -2.25. The molecule has 2 aromatic heterocycles. The first-order chi connectivity index (χ1) is 13.0. The Kier molecular flexibility index (Phi) is 7.78. The van der Waals surface area contributed by atoms with Crippen molar-refractivity contribution < 1.29 is 13.2 Å². The van der Waals surface area contributed by atoms with Crippen LogP contribution in [0.25, 0.3) is 15.6 Å². The third-order valence-corrected chi connectivity index (χ3v) is 5.34. The highest BCUT2D eigenvalue weighted by Crippen LogP contribution is 2.27. The number of hydrogen-bond donors (Lipinski definition) is 1. The molecule has 0 radical (unpaired) electrons. The van der Waals surface area contributed by atoms with Crippen LogP contribution in [-0.4, -0.2) is 34.6 Å². The zero-order valence-corrected chi connectivity index (χ0v) is 16.8. The molecule has 28 heavy (non-hydrogen) atoms. The number of hydrogen-bond acceptors (Lipinski definition) is 7. The topological polar surface area (TPSA) is 119 Å². The monoisotopic (exact) mass is 444 g/mol. The zero-order chi connectivity index (χ0) is 19.4. The SMILES string of the molecule is Cl.NC/C(=C/F)Cn1ncn(-c2ncc(-c3ccc(CS(=O)[O-])cc3)s2)c1=O. The molecule has 1 unspecified atom stereocenters. The van der Waals surface area contributed by atoms with Crippen molar-refractivity contribution in [2.75, 3.05) is 6.54 Å². The summed E-state index contributed by atoms with van der Waals surface area (Å²) in [5.74, 6) is -0.0408. The number of aromatic nitrogens is 4. The van der Waals surface area contributed by atoms with Gasteiger partial charge in [0, 0.05) is 18.5 Å². The zero-order valence-electron chi connectivity index (χ0n) is 14.4. The van der Waals surface area contributed by atoms with Gasteiger partial charge in [0.25, 0.3) is 0 Å². The maximum atomic E-state index is 12.7. The van der Waals surface area contributed by atoms with E-state index in [9.17, 15) is 17.9 Å². The molecular formula is C16H16ClFN5O3S2-. The lowest BCUT2D eigenvalue weighted by Gasteiger charge is -2.05. The van der Waals surface area contributed by atoms with Gasteiger partial charge < -0.3 is 10.3 Å². The van der Waals surface area contributed by atoms with Gasteiger partial charge in [0.2, 0.25) is 0 Å². The molecule has 0 amide bonds. The normalized spacial score (nSPS) is 12.6. The van der Waals surface area contributed by atoms with Crippen LogP contribution in [-0.2, 0) is 23.4 Å². The second kappa shape index (κ2) is 9.85. The third kappa shape index (κ3) is 5.00. The van der Waals surface area contributed by atoms with Crippen molar-refractivity contribution >= 4 is 34.8 Å². The van der Waals surface area contributed by atoms with Gasteiger partial charge in [-0.15, -0.1) is 12.4 Å². The minimum atomic E-state index is -2.14. The fraction of sp³-hybridized carbons (Fsp3) is 0.188. The number of nitrogens with two attached hydrogens (primary N) is 1. The van der Waals surface area contributed by atoms with Gasteiger partial charge in [-0.05, 0) is 16.7 Å². The maximum Gasteiger partial charge on any atom is 0.352 e. The fourth-order valence-corrected chi connectivity index (χ4v) is 3.67. The summed E-state index contributed by atoms with van der Waals surface area (Å²) in [6.07, 6.45) is 3.32. The van der Waals surface area contributed by atoms with Gasteiger partial charge in [0.15, 0.2) is 5.13 Å². The number of halogens is 2. The summed E-state index contributed by atoms with van der Waals surface area (Å²) in [7, 11) is 0. The molecule has 3 aromatic rings. The summed E-state index contributed by atoms with van der Waals surface area (Å²) in [6, 6.07) is 7.05. The van der Waals surface area contributed by atoms with Crippen molar-refractivity contribution in [2.24, 2.45) is 5.73 Å². The van der Waals surface area contributed by atoms with Crippen molar-refractivity contribution in [3.05, 3.63) is 64.7 Å². The van der Waals surface area contributed by atoms with Crippen LogP contribution in [0.1, 0.15) is 5.56 Å². The van der Waals surface area contributed by atoms with Crippen LogP contribution >= 0.6 is 23.7 Å². The van der Waals surface area contributed by atoms with Gasteiger partial charge in [0.1, 0.15) is 6.33 Å².